The number of esters is 2. The smallest absolute Gasteiger partial charge is 0.326 e. The molecule has 2 amide bonds. The lowest BCUT2D eigenvalue weighted by molar-refractivity contribution is -0.149. The summed E-state index contributed by atoms with van der Waals surface area (Å²) >= 11 is 0.730. The lowest BCUT2D eigenvalue weighted by Gasteiger charge is -2.13. The van der Waals surface area contributed by atoms with Crippen molar-refractivity contribution in [1.82, 2.24) is 4.90 Å². The zero-order chi connectivity index (χ0) is 20.1. The van der Waals surface area contributed by atoms with Crippen LogP contribution in [0.4, 0.5) is 4.79 Å². The number of benzene rings is 1. The van der Waals surface area contributed by atoms with Crippen LogP contribution in [0.1, 0.15) is 26.3 Å². The van der Waals surface area contributed by atoms with Crippen molar-refractivity contribution in [2.24, 2.45) is 0 Å². The second kappa shape index (κ2) is 8.72. The molecule has 0 unspecified atom stereocenters. The normalized spacial score (nSPS) is 15.4. The monoisotopic (exact) mass is 393 g/mol. The van der Waals surface area contributed by atoms with Crippen LogP contribution in [0.5, 0.6) is 11.5 Å². The number of rotatable bonds is 6. The third-order valence-electron chi connectivity index (χ3n) is 3.27. The highest BCUT2D eigenvalue weighted by molar-refractivity contribution is 8.18. The van der Waals surface area contributed by atoms with Gasteiger partial charge in [0.15, 0.2) is 11.5 Å². The Morgan fingerprint density at radius 1 is 1.22 bits per heavy atom. The fourth-order valence-corrected chi connectivity index (χ4v) is 3.07. The van der Waals surface area contributed by atoms with E-state index in [0.717, 1.165) is 16.7 Å². The minimum absolute atomic E-state index is 0.166. The number of nitrogens with zero attached hydrogens (tertiary/aromatic N) is 1. The number of ether oxygens (including phenoxy) is 3. The molecule has 0 N–H and O–H groups in total. The molecular formula is C18H19NO7S. The average Bonchev–Trinajstić information content (AvgIpc) is 2.82. The first-order valence-electron chi connectivity index (χ1n) is 8.02. The molecule has 9 heteroatoms. The van der Waals surface area contributed by atoms with Crippen LogP contribution < -0.4 is 9.47 Å². The van der Waals surface area contributed by atoms with Gasteiger partial charge < -0.3 is 14.2 Å². The number of carbonyl (C=O) groups excluding carboxylic acids is 4. The zero-order valence-corrected chi connectivity index (χ0v) is 16.1. The summed E-state index contributed by atoms with van der Waals surface area (Å²) in [7, 11) is 1.42. The average molecular weight is 393 g/mol. The van der Waals surface area contributed by atoms with Gasteiger partial charge in [0, 0.05) is 6.92 Å². The maximum Gasteiger partial charge on any atom is 0.326 e. The summed E-state index contributed by atoms with van der Waals surface area (Å²) < 4.78 is 15.2. The highest BCUT2D eigenvalue weighted by atomic mass is 32.2. The van der Waals surface area contributed by atoms with E-state index in [9.17, 15) is 19.2 Å². The van der Waals surface area contributed by atoms with Gasteiger partial charge in [-0.1, -0.05) is 6.07 Å². The Kier molecular flexibility index (Phi) is 6.62. The molecule has 0 saturated carbocycles. The molecule has 27 heavy (non-hydrogen) atoms. The molecule has 0 bridgehead atoms. The molecule has 1 aliphatic heterocycles. The fourth-order valence-electron chi connectivity index (χ4n) is 2.23. The van der Waals surface area contributed by atoms with Gasteiger partial charge in [0.25, 0.3) is 11.1 Å². The fraction of sp³-hybridized carbons (Fsp3) is 0.333. The Hall–Kier alpha value is -2.81. The molecule has 1 heterocycles. The van der Waals surface area contributed by atoms with Gasteiger partial charge in [-0.15, -0.1) is 0 Å². The highest BCUT2D eigenvalue weighted by Gasteiger charge is 2.36. The number of methoxy groups -OCH3 is 1. The molecule has 0 atom stereocenters. The number of thioether (sulfide) groups is 1. The number of amides is 2. The van der Waals surface area contributed by atoms with Gasteiger partial charge >= 0.3 is 11.9 Å². The Morgan fingerprint density at radius 3 is 2.52 bits per heavy atom. The van der Waals surface area contributed by atoms with Gasteiger partial charge in [-0.3, -0.25) is 24.1 Å². The molecule has 0 spiro atoms. The minimum atomic E-state index is -0.652. The molecule has 1 saturated heterocycles. The van der Waals surface area contributed by atoms with E-state index in [0.29, 0.717) is 11.3 Å². The van der Waals surface area contributed by atoms with Gasteiger partial charge in [-0.25, -0.2) is 0 Å². The van der Waals surface area contributed by atoms with E-state index in [2.05, 4.69) is 0 Å². The van der Waals surface area contributed by atoms with Crippen LogP contribution in [0.15, 0.2) is 23.1 Å². The molecule has 1 aromatic carbocycles. The summed E-state index contributed by atoms with van der Waals surface area (Å²) in [5.41, 5.74) is 0.568. The van der Waals surface area contributed by atoms with E-state index in [1.165, 1.54) is 26.2 Å². The van der Waals surface area contributed by atoms with Crippen LogP contribution in [0.25, 0.3) is 6.08 Å². The first-order chi connectivity index (χ1) is 12.7. The quantitative estimate of drug-likeness (QED) is 0.413. The van der Waals surface area contributed by atoms with Crippen LogP contribution >= 0.6 is 11.8 Å². The number of carbonyl (C=O) groups is 4. The van der Waals surface area contributed by atoms with Crippen molar-refractivity contribution >= 4 is 40.9 Å². The SMILES string of the molecule is COc1cc(/C=C2\SC(=O)N(CC(=O)OC(C)C)C2=O)ccc1OC(C)=O. The Labute approximate surface area is 160 Å². The third kappa shape index (κ3) is 5.33. The van der Waals surface area contributed by atoms with Gasteiger partial charge in [-0.2, -0.15) is 0 Å². The molecule has 1 fully saturated rings. The predicted octanol–water partition coefficient (Wildman–Crippen LogP) is 2.61. The maximum atomic E-state index is 12.4. The molecule has 0 aliphatic carbocycles. The second-order valence-electron chi connectivity index (χ2n) is 5.81. The Bertz CT molecular complexity index is 816. The van der Waals surface area contributed by atoms with Crippen molar-refractivity contribution in [3.8, 4) is 11.5 Å². The van der Waals surface area contributed by atoms with E-state index in [4.69, 9.17) is 14.2 Å². The topological polar surface area (TPSA) is 99.2 Å². The van der Waals surface area contributed by atoms with Crippen molar-refractivity contribution < 1.29 is 33.4 Å². The maximum absolute atomic E-state index is 12.4. The van der Waals surface area contributed by atoms with Crippen LogP contribution in [-0.4, -0.2) is 47.7 Å². The Balaban J connectivity index is 2.19. The van der Waals surface area contributed by atoms with Crippen molar-refractivity contribution in [2.45, 2.75) is 26.9 Å². The number of hydrogen-bond donors (Lipinski definition) is 0. The first-order valence-corrected chi connectivity index (χ1v) is 8.84. The number of imide groups is 1. The van der Waals surface area contributed by atoms with Gasteiger partial charge in [-0.05, 0) is 49.4 Å². The van der Waals surface area contributed by atoms with Crippen molar-refractivity contribution in [3.63, 3.8) is 0 Å². The van der Waals surface area contributed by atoms with Gasteiger partial charge in [0.2, 0.25) is 0 Å². The highest BCUT2D eigenvalue weighted by Crippen LogP contribution is 2.34. The summed E-state index contributed by atoms with van der Waals surface area (Å²) in [5, 5.41) is -0.546. The van der Waals surface area contributed by atoms with E-state index in [1.807, 2.05) is 0 Å². The van der Waals surface area contributed by atoms with E-state index < -0.39 is 29.6 Å². The molecule has 1 aliphatic rings. The molecule has 144 valence electrons. The second-order valence-corrected chi connectivity index (χ2v) is 6.80. The summed E-state index contributed by atoms with van der Waals surface area (Å²) in [6, 6.07) is 4.71. The van der Waals surface area contributed by atoms with Gasteiger partial charge in [0.1, 0.15) is 6.54 Å². The summed E-state index contributed by atoms with van der Waals surface area (Å²) in [6.07, 6.45) is 1.16. The lowest BCUT2D eigenvalue weighted by atomic mass is 10.2. The van der Waals surface area contributed by atoms with E-state index >= 15 is 0 Å². The van der Waals surface area contributed by atoms with E-state index in [1.54, 1.807) is 26.0 Å². The van der Waals surface area contributed by atoms with Gasteiger partial charge in [0.05, 0.1) is 18.1 Å². The molecule has 0 radical (unpaired) electrons. The first kappa shape index (κ1) is 20.5. The summed E-state index contributed by atoms with van der Waals surface area (Å²) in [4.78, 5) is 48.3. The van der Waals surface area contributed by atoms with Crippen molar-refractivity contribution in [1.29, 1.82) is 0 Å². The predicted molar refractivity (Wildman–Crippen MR) is 98.2 cm³/mol. The summed E-state index contributed by atoms with van der Waals surface area (Å²) in [5.74, 6) is -1.17. The Morgan fingerprint density at radius 2 is 1.93 bits per heavy atom. The lowest BCUT2D eigenvalue weighted by Crippen LogP contribution is -2.35. The molecular weight excluding hydrogens is 374 g/mol. The zero-order valence-electron chi connectivity index (χ0n) is 15.3. The largest absolute Gasteiger partial charge is 0.493 e. The molecule has 0 aromatic heterocycles. The van der Waals surface area contributed by atoms with Crippen LogP contribution in [0.2, 0.25) is 0 Å². The van der Waals surface area contributed by atoms with Crippen LogP contribution in [0.3, 0.4) is 0 Å². The van der Waals surface area contributed by atoms with E-state index in [-0.39, 0.29) is 16.8 Å². The van der Waals surface area contributed by atoms with Crippen molar-refractivity contribution in [2.75, 3.05) is 13.7 Å². The van der Waals surface area contributed by atoms with Crippen LogP contribution in [-0.2, 0) is 19.1 Å². The standard InChI is InChI=1S/C18H19NO7S/c1-10(2)25-16(21)9-19-17(22)15(27-18(19)23)8-12-5-6-13(26-11(3)20)14(7-12)24-4/h5-8,10H,9H2,1-4H3/b15-8-. The number of hydrogen-bond acceptors (Lipinski definition) is 8. The third-order valence-corrected chi connectivity index (χ3v) is 4.17. The van der Waals surface area contributed by atoms with Crippen molar-refractivity contribution in [3.05, 3.63) is 28.7 Å². The van der Waals surface area contributed by atoms with Crippen LogP contribution in [0, 0.1) is 0 Å². The summed E-state index contributed by atoms with van der Waals surface area (Å²) in [6.45, 7) is 4.19. The molecule has 2 rings (SSSR count). The molecule has 1 aromatic rings. The molecule has 8 nitrogen and oxygen atoms in total. The minimum Gasteiger partial charge on any atom is -0.493 e.